The van der Waals surface area contributed by atoms with Gasteiger partial charge in [-0.2, -0.15) is 0 Å². The van der Waals surface area contributed by atoms with Crippen LogP contribution in [0.1, 0.15) is 5.56 Å². The van der Waals surface area contributed by atoms with Gasteiger partial charge in [-0.25, -0.2) is 0 Å². The molecule has 0 aliphatic heterocycles. The number of pyridine rings is 1. The molecule has 0 amide bonds. The first kappa shape index (κ1) is 10.2. The van der Waals surface area contributed by atoms with Crippen molar-refractivity contribution in [3.63, 3.8) is 0 Å². The summed E-state index contributed by atoms with van der Waals surface area (Å²) in [4.78, 5) is 8.06. The highest BCUT2D eigenvalue weighted by molar-refractivity contribution is 5.86. The fraction of sp³-hybridized carbons (Fsp3) is 0. The van der Waals surface area contributed by atoms with E-state index in [2.05, 4.69) is 9.98 Å². The van der Waals surface area contributed by atoms with Crippen molar-refractivity contribution in [2.24, 2.45) is 4.99 Å². The number of aliphatic imine (C=N–C) groups is 1. The number of aromatic nitrogens is 1. The van der Waals surface area contributed by atoms with Gasteiger partial charge in [0.1, 0.15) is 5.75 Å². The van der Waals surface area contributed by atoms with E-state index in [1.54, 1.807) is 36.7 Å². The topological polar surface area (TPSA) is 71.5 Å². The Labute approximate surface area is 93.1 Å². The number of nitrogens with two attached hydrogens (primary N) is 1. The van der Waals surface area contributed by atoms with Crippen molar-refractivity contribution in [1.82, 2.24) is 4.98 Å². The number of phenols is 1. The molecule has 4 heteroatoms. The van der Waals surface area contributed by atoms with E-state index in [0.29, 0.717) is 16.9 Å². The molecule has 0 saturated carbocycles. The van der Waals surface area contributed by atoms with E-state index < -0.39 is 0 Å². The van der Waals surface area contributed by atoms with Gasteiger partial charge >= 0.3 is 0 Å². The largest absolute Gasteiger partial charge is 0.507 e. The second-order valence-electron chi connectivity index (χ2n) is 3.25. The van der Waals surface area contributed by atoms with Crippen LogP contribution in [0.3, 0.4) is 0 Å². The van der Waals surface area contributed by atoms with Crippen LogP contribution in [0.5, 0.6) is 5.75 Å². The molecular formula is C12H11N3O. The van der Waals surface area contributed by atoms with Crippen LogP contribution >= 0.6 is 0 Å². The molecule has 0 atom stereocenters. The van der Waals surface area contributed by atoms with Gasteiger partial charge in [-0.15, -0.1) is 0 Å². The molecule has 2 aromatic rings. The molecule has 0 bridgehead atoms. The third-order valence-corrected chi connectivity index (χ3v) is 2.11. The van der Waals surface area contributed by atoms with Crippen molar-refractivity contribution < 1.29 is 5.11 Å². The standard InChI is InChI=1S/C12H11N3O/c13-10-8-14-6-5-11(10)15-7-9-3-1-2-4-12(9)16/h1-8,16H,13H2. The zero-order chi connectivity index (χ0) is 11.4. The molecule has 0 aliphatic rings. The van der Waals surface area contributed by atoms with Crippen LogP contribution in [0.25, 0.3) is 0 Å². The monoisotopic (exact) mass is 213 g/mol. The summed E-state index contributed by atoms with van der Waals surface area (Å²) < 4.78 is 0. The molecule has 16 heavy (non-hydrogen) atoms. The van der Waals surface area contributed by atoms with Gasteiger partial charge in [-0.1, -0.05) is 12.1 Å². The van der Waals surface area contributed by atoms with Crippen LogP contribution in [0.15, 0.2) is 47.7 Å². The minimum absolute atomic E-state index is 0.193. The molecule has 4 nitrogen and oxygen atoms in total. The Morgan fingerprint density at radius 3 is 2.81 bits per heavy atom. The summed E-state index contributed by atoms with van der Waals surface area (Å²) in [7, 11) is 0. The average molecular weight is 213 g/mol. The lowest BCUT2D eigenvalue weighted by atomic mass is 10.2. The quantitative estimate of drug-likeness (QED) is 0.750. The van der Waals surface area contributed by atoms with E-state index in [1.165, 1.54) is 6.20 Å². The Hall–Kier alpha value is -2.36. The highest BCUT2D eigenvalue weighted by Gasteiger charge is 1.97. The van der Waals surface area contributed by atoms with Crippen molar-refractivity contribution in [3.8, 4) is 5.75 Å². The number of phenolic OH excluding ortho intramolecular Hbond substituents is 1. The van der Waals surface area contributed by atoms with Gasteiger partial charge in [0, 0.05) is 18.0 Å². The van der Waals surface area contributed by atoms with E-state index in [0.717, 1.165) is 0 Å². The summed E-state index contributed by atoms with van der Waals surface area (Å²) in [5.41, 5.74) is 7.48. The number of nitrogens with zero attached hydrogens (tertiary/aromatic N) is 2. The Balaban J connectivity index is 2.29. The maximum atomic E-state index is 9.52. The Kier molecular flexibility index (Phi) is 2.82. The van der Waals surface area contributed by atoms with Crippen molar-refractivity contribution in [2.75, 3.05) is 5.73 Å². The van der Waals surface area contributed by atoms with Crippen molar-refractivity contribution in [3.05, 3.63) is 48.3 Å². The Bertz CT molecular complexity index is 476. The summed E-state index contributed by atoms with van der Waals surface area (Å²) in [5, 5.41) is 9.52. The number of benzene rings is 1. The van der Waals surface area contributed by atoms with Crippen molar-refractivity contribution in [2.45, 2.75) is 0 Å². The maximum Gasteiger partial charge on any atom is 0.124 e. The fourth-order valence-corrected chi connectivity index (χ4v) is 1.25. The van der Waals surface area contributed by atoms with E-state index in [4.69, 9.17) is 5.73 Å². The molecular weight excluding hydrogens is 202 g/mol. The zero-order valence-electron chi connectivity index (χ0n) is 8.54. The van der Waals surface area contributed by atoms with Gasteiger partial charge in [-0.3, -0.25) is 9.98 Å². The Morgan fingerprint density at radius 1 is 1.25 bits per heavy atom. The third-order valence-electron chi connectivity index (χ3n) is 2.11. The van der Waals surface area contributed by atoms with Crippen LogP contribution in [-0.2, 0) is 0 Å². The van der Waals surface area contributed by atoms with Crippen molar-refractivity contribution in [1.29, 1.82) is 0 Å². The molecule has 0 unspecified atom stereocenters. The SMILES string of the molecule is Nc1cnccc1N=Cc1ccccc1O. The second-order valence-corrected chi connectivity index (χ2v) is 3.25. The molecule has 80 valence electrons. The second kappa shape index (κ2) is 4.44. The summed E-state index contributed by atoms with van der Waals surface area (Å²) in [6.07, 6.45) is 4.73. The minimum Gasteiger partial charge on any atom is -0.507 e. The number of rotatable bonds is 2. The lowest BCUT2D eigenvalue weighted by Crippen LogP contribution is -1.87. The molecule has 1 aromatic heterocycles. The number of para-hydroxylation sites is 1. The summed E-state index contributed by atoms with van der Waals surface area (Å²) in [6, 6.07) is 8.68. The fourth-order valence-electron chi connectivity index (χ4n) is 1.25. The normalized spacial score (nSPS) is 10.8. The maximum absolute atomic E-state index is 9.52. The van der Waals surface area contributed by atoms with Crippen LogP contribution < -0.4 is 5.73 Å². The third kappa shape index (κ3) is 2.17. The van der Waals surface area contributed by atoms with E-state index in [1.807, 2.05) is 6.07 Å². The van der Waals surface area contributed by atoms with E-state index in [9.17, 15) is 5.11 Å². The molecule has 0 aliphatic carbocycles. The number of aromatic hydroxyl groups is 1. The van der Waals surface area contributed by atoms with Crippen molar-refractivity contribution >= 4 is 17.6 Å². The molecule has 3 N–H and O–H groups in total. The predicted octanol–water partition coefficient (Wildman–Crippen LogP) is 2.12. The minimum atomic E-state index is 0.193. The van der Waals surface area contributed by atoms with Gasteiger partial charge < -0.3 is 10.8 Å². The van der Waals surface area contributed by atoms with Crippen LogP contribution in [0.2, 0.25) is 0 Å². The molecule has 0 fully saturated rings. The lowest BCUT2D eigenvalue weighted by Gasteiger charge is -1.99. The van der Waals surface area contributed by atoms with Gasteiger partial charge in [-0.05, 0) is 18.2 Å². The van der Waals surface area contributed by atoms with Crippen LogP contribution in [0.4, 0.5) is 11.4 Å². The first-order valence-electron chi connectivity index (χ1n) is 4.79. The first-order chi connectivity index (χ1) is 7.77. The predicted molar refractivity (Wildman–Crippen MR) is 64.0 cm³/mol. The molecule has 1 heterocycles. The molecule has 1 aromatic carbocycles. The Morgan fingerprint density at radius 2 is 2.06 bits per heavy atom. The number of nitrogen functional groups attached to an aromatic ring is 1. The number of hydrogen-bond donors (Lipinski definition) is 2. The van der Waals surface area contributed by atoms with Gasteiger partial charge in [0.2, 0.25) is 0 Å². The van der Waals surface area contributed by atoms with Crippen LogP contribution in [0, 0.1) is 0 Å². The number of anilines is 1. The van der Waals surface area contributed by atoms with E-state index >= 15 is 0 Å². The van der Waals surface area contributed by atoms with Gasteiger partial charge in [0.05, 0.1) is 17.6 Å². The molecule has 2 rings (SSSR count). The molecule has 0 saturated heterocycles. The summed E-state index contributed by atoms with van der Waals surface area (Å²) in [5.74, 6) is 0.193. The molecule has 0 radical (unpaired) electrons. The van der Waals surface area contributed by atoms with Gasteiger partial charge in [0.25, 0.3) is 0 Å². The van der Waals surface area contributed by atoms with Gasteiger partial charge in [0.15, 0.2) is 0 Å². The van der Waals surface area contributed by atoms with Crippen LogP contribution in [-0.4, -0.2) is 16.3 Å². The number of hydrogen-bond acceptors (Lipinski definition) is 4. The highest BCUT2D eigenvalue weighted by atomic mass is 16.3. The lowest BCUT2D eigenvalue weighted by molar-refractivity contribution is 0.474. The highest BCUT2D eigenvalue weighted by Crippen LogP contribution is 2.20. The smallest absolute Gasteiger partial charge is 0.124 e. The average Bonchev–Trinajstić information content (AvgIpc) is 2.30. The summed E-state index contributed by atoms with van der Waals surface area (Å²) in [6.45, 7) is 0. The molecule has 0 spiro atoms. The zero-order valence-corrected chi connectivity index (χ0v) is 8.54. The summed E-state index contributed by atoms with van der Waals surface area (Å²) >= 11 is 0. The first-order valence-corrected chi connectivity index (χ1v) is 4.79. The van der Waals surface area contributed by atoms with E-state index in [-0.39, 0.29) is 5.75 Å².